The summed E-state index contributed by atoms with van der Waals surface area (Å²) in [5.74, 6) is -0.941. The maximum absolute atomic E-state index is 12.9. The van der Waals surface area contributed by atoms with E-state index in [1.165, 1.54) is 44.9 Å². The Bertz CT molecular complexity index is 1780. The Morgan fingerprint density at radius 1 is 0.253 bits per heavy atom. The Morgan fingerprint density at radius 3 is 0.709 bits per heavy atom. The van der Waals surface area contributed by atoms with E-state index in [1.54, 1.807) is 0 Å². The summed E-state index contributed by atoms with van der Waals surface area (Å²) in [6.45, 7) is 6.27. The van der Waals surface area contributed by atoms with Gasteiger partial charge in [-0.3, -0.25) is 14.4 Å². The van der Waals surface area contributed by atoms with Crippen LogP contribution in [-0.4, -0.2) is 37.2 Å². The fourth-order valence-corrected chi connectivity index (χ4v) is 8.33. The lowest BCUT2D eigenvalue weighted by molar-refractivity contribution is -0.167. The number of hydrogen-bond donors (Lipinski definition) is 0. The summed E-state index contributed by atoms with van der Waals surface area (Å²) in [5, 5.41) is 0. The van der Waals surface area contributed by atoms with E-state index in [1.807, 2.05) is 0 Å². The molecular weight excluding hydrogens is 973 g/mol. The number of rotatable bonds is 56. The Morgan fingerprint density at radius 2 is 0.456 bits per heavy atom. The average Bonchev–Trinajstić information content (AvgIpc) is 3.45. The highest BCUT2D eigenvalue weighted by molar-refractivity contribution is 5.71. The third-order valence-electron chi connectivity index (χ3n) is 13.0. The molecule has 0 spiro atoms. The SMILES string of the molecule is CC/C=C\C/C=C\C/C=C\C/C=C\C/C=C\C/C=C\CCCCCCCCCCC(=O)OCC(COC(=O)CCCCCCC/C=C\C/C=C\C/C=C\CC)OC(=O)CCCCCCCC/C=C\C/C=C\C/C=C\C/C=C\CC. The third kappa shape index (κ3) is 63.7. The Labute approximate surface area is 486 Å². The first-order valence-electron chi connectivity index (χ1n) is 32.0. The van der Waals surface area contributed by atoms with Gasteiger partial charge in [-0.15, -0.1) is 0 Å². The summed E-state index contributed by atoms with van der Waals surface area (Å²) in [6, 6.07) is 0. The molecule has 0 amide bonds. The topological polar surface area (TPSA) is 78.9 Å². The summed E-state index contributed by atoms with van der Waals surface area (Å²) in [6.07, 6.45) is 95.3. The average molecular weight is 1090 g/mol. The van der Waals surface area contributed by atoms with Crippen molar-refractivity contribution >= 4 is 17.9 Å². The Balaban J connectivity index is 4.43. The molecule has 0 aliphatic carbocycles. The minimum absolute atomic E-state index is 0.100. The Hall–Kier alpha value is -4.97. The molecule has 6 nitrogen and oxygen atoms in total. The highest BCUT2D eigenvalue weighted by Gasteiger charge is 2.19. The van der Waals surface area contributed by atoms with Crippen LogP contribution in [0.4, 0.5) is 0 Å². The fourth-order valence-electron chi connectivity index (χ4n) is 8.33. The summed E-state index contributed by atoms with van der Waals surface area (Å²) < 4.78 is 16.9. The van der Waals surface area contributed by atoms with E-state index in [-0.39, 0.29) is 31.1 Å². The van der Waals surface area contributed by atoms with Crippen molar-refractivity contribution in [2.75, 3.05) is 13.2 Å². The van der Waals surface area contributed by atoms with Crippen LogP contribution < -0.4 is 0 Å². The summed E-state index contributed by atoms with van der Waals surface area (Å²) in [4.78, 5) is 38.3. The molecule has 0 radical (unpaired) electrons. The van der Waals surface area contributed by atoms with Gasteiger partial charge >= 0.3 is 17.9 Å². The van der Waals surface area contributed by atoms with Crippen molar-refractivity contribution in [1.29, 1.82) is 0 Å². The maximum Gasteiger partial charge on any atom is 0.306 e. The fraction of sp³-hybridized carbons (Fsp3) is 0.603. The standard InChI is InChI=1S/C73H116O6/c1-4-7-10-13-16-19-22-25-28-30-32-33-34-35-36-37-38-39-41-42-45-48-51-54-57-60-63-66-72(75)78-69-70(68-77-71(74)65-62-59-56-53-50-47-44-27-24-21-18-15-12-9-6-3)79-73(76)67-64-61-58-55-52-49-46-43-40-31-29-26-23-20-17-14-11-8-5-2/h7-12,16-21,25-29,32-33,35-36,38-40,43-44,70H,4-6,13-15,22-24,30-31,34,37,41-42,45-69H2,1-3H3/b10-7-,11-8-,12-9-,19-16-,20-17-,21-18-,28-25-,29-26-,33-32-,36-35-,39-38-,43-40-,44-27-. The molecule has 0 rings (SSSR count). The van der Waals surface area contributed by atoms with Crippen molar-refractivity contribution in [3.05, 3.63) is 158 Å². The number of allylic oxidation sites excluding steroid dienone is 26. The first-order chi connectivity index (χ1) is 39.0. The van der Waals surface area contributed by atoms with Gasteiger partial charge in [0.15, 0.2) is 6.10 Å². The lowest BCUT2D eigenvalue weighted by Gasteiger charge is -2.18. The molecule has 0 aromatic carbocycles. The summed E-state index contributed by atoms with van der Waals surface area (Å²) in [5.41, 5.74) is 0. The van der Waals surface area contributed by atoms with Crippen molar-refractivity contribution in [3.63, 3.8) is 0 Å². The molecule has 0 bridgehead atoms. The van der Waals surface area contributed by atoms with Crippen LogP contribution in [0.3, 0.4) is 0 Å². The van der Waals surface area contributed by atoms with Crippen LogP contribution in [0.25, 0.3) is 0 Å². The number of carbonyl (C=O) groups excluding carboxylic acids is 3. The van der Waals surface area contributed by atoms with Crippen molar-refractivity contribution in [2.45, 2.75) is 271 Å². The van der Waals surface area contributed by atoms with E-state index in [2.05, 4.69) is 179 Å². The van der Waals surface area contributed by atoms with Gasteiger partial charge in [0, 0.05) is 19.3 Å². The van der Waals surface area contributed by atoms with E-state index >= 15 is 0 Å². The van der Waals surface area contributed by atoms with E-state index in [0.29, 0.717) is 19.3 Å². The first kappa shape index (κ1) is 74.0. The summed E-state index contributed by atoms with van der Waals surface area (Å²) >= 11 is 0. The molecule has 1 atom stereocenters. The van der Waals surface area contributed by atoms with Gasteiger partial charge in [-0.25, -0.2) is 0 Å². The van der Waals surface area contributed by atoms with E-state index < -0.39 is 6.10 Å². The minimum atomic E-state index is -0.806. The van der Waals surface area contributed by atoms with Crippen LogP contribution in [0, 0.1) is 0 Å². The van der Waals surface area contributed by atoms with Gasteiger partial charge in [0.2, 0.25) is 0 Å². The molecule has 0 aromatic rings. The highest BCUT2D eigenvalue weighted by Crippen LogP contribution is 2.14. The van der Waals surface area contributed by atoms with Crippen LogP contribution in [-0.2, 0) is 28.6 Å². The second kappa shape index (κ2) is 65.5. The first-order valence-corrected chi connectivity index (χ1v) is 32.0. The monoisotopic (exact) mass is 1090 g/mol. The van der Waals surface area contributed by atoms with Gasteiger partial charge in [0.05, 0.1) is 0 Å². The molecule has 6 heteroatoms. The van der Waals surface area contributed by atoms with E-state index in [4.69, 9.17) is 14.2 Å². The van der Waals surface area contributed by atoms with Crippen molar-refractivity contribution in [2.24, 2.45) is 0 Å². The number of ether oxygens (including phenoxy) is 3. The maximum atomic E-state index is 12.9. The Kier molecular flexibility index (Phi) is 61.4. The molecule has 0 fully saturated rings. The third-order valence-corrected chi connectivity index (χ3v) is 13.0. The van der Waals surface area contributed by atoms with Crippen LogP contribution in [0.2, 0.25) is 0 Å². The highest BCUT2D eigenvalue weighted by atomic mass is 16.6. The number of hydrogen-bond acceptors (Lipinski definition) is 6. The lowest BCUT2D eigenvalue weighted by Crippen LogP contribution is -2.30. The smallest absolute Gasteiger partial charge is 0.306 e. The van der Waals surface area contributed by atoms with Gasteiger partial charge in [0.25, 0.3) is 0 Å². The van der Waals surface area contributed by atoms with Gasteiger partial charge in [-0.1, -0.05) is 262 Å². The second-order valence-electron chi connectivity index (χ2n) is 20.5. The summed E-state index contributed by atoms with van der Waals surface area (Å²) in [7, 11) is 0. The molecule has 0 N–H and O–H groups in total. The molecule has 0 aromatic heterocycles. The van der Waals surface area contributed by atoms with Crippen LogP contribution >= 0.6 is 0 Å². The molecule has 0 saturated carbocycles. The molecule has 0 saturated heterocycles. The van der Waals surface area contributed by atoms with Gasteiger partial charge < -0.3 is 14.2 Å². The molecule has 0 aliphatic heterocycles. The van der Waals surface area contributed by atoms with Crippen LogP contribution in [0.5, 0.6) is 0 Å². The molecule has 0 heterocycles. The predicted molar refractivity (Wildman–Crippen MR) is 343 cm³/mol. The van der Waals surface area contributed by atoms with E-state index in [9.17, 15) is 14.4 Å². The van der Waals surface area contributed by atoms with E-state index in [0.717, 1.165) is 180 Å². The van der Waals surface area contributed by atoms with Gasteiger partial charge in [0.1, 0.15) is 13.2 Å². The molecule has 0 aliphatic rings. The van der Waals surface area contributed by atoms with Crippen molar-refractivity contribution in [3.8, 4) is 0 Å². The second-order valence-corrected chi connectivity index (χ2v) is 20.5. The number of esters is 3. The van der Waals surface area contributed by atoms with Crippen molar-refractivity contribution in [1.82, 2.24) is 0 Å². The largest absolute Gasteiger partial charge is 0.462 e. The molecule has 1 unspecified atom stereocenters. The van der Waals surface area contributed by atoms with Crippen LogP contribution in [0.15, 0.2) is 158 Å². The predicted octanol–water partition coefficient (Wildman–Crippen LogP) is 22.1. The lowest BCUT2D eigenvalue weighted by atomic mass is 10.1. The van der Waals surface area contributed by atoms with Crippen LogP contribution in [0.1, 0.15) is 265 Å². The minimum Gasteiger partial charge on any atom is -0.462 e. The zero-order valence-electron chi connectivity index (χ0n) is 50.8. The van der Waals surface area contributed by atoms with Gasteiger partial charge in [-0.2, -0.15) is 0 Å². The molecule has 79 heavy (non-hydrogen) atoms. The zero-order chi connectivity index (χ0) is 57.1. The quantitative estimate of drug-likeness (QED) is 0.0261. The van der Waals surface area contributed by atoms with Gasteiger partial charge in [-0.05, 0) is 141 Å². The zero-order valence-corrected chi connectivity index (χ0v) is 50.8. The normalized spacial score (nSPS) is 13.2. The van der Waals surface area contributed by atoms with Crippen molar-refractivity contribution < 1.29 is 28.6 Å². The number of unbranched alkanes of at least 4 members (excludes halogenated alkanes) is 19. The molecular formula is C73H116O6. The molecule has 444 valence electrons. The number of carbonyl (C=O) groups is 3.